The first kappa shape index (κ1) is 17.5. The van der Waals surface area contributed by atoms with Gasteiger partial charge in [-0.3, -0.25) is 19.2 Å². The molecule has 0 bridgehead atoms. The maximum Gasteiger partial charge on any atom is 0.266 e. The minimum Gasteiger partial charge on any atom is -0.480 e. The average molecular weight is 371 g/mol. The van der Waals surface area contributed by atoms with E-state index in [0.717, 1.165) is 6.42 Å². The minimum absolute atomic E-state index is 0.0549. The number of hydrogen-bond acceptors (Lipinski definition) is 6. The third kappa shape index (κ3) is 3.92. The standard InChI is InChI=1S/C18H21N5O4/c24-16(12-23-17(25)13-27-15-4-1-5-19-18(15)23)21-7-3-9-26-14(10-21)11-22-8-2-6-20-22/h1-2,4-6,8,14H,3,7,9-13H2/t14-/m0/s1. The van der Waals surface area contributed by atoms with Crippen molar-refractivity contribution in [2.45, 2.75) is 19.1 Å². The zero-order valence-electron chi connectivity index (χ0n) is 14.9. The lowest BCUT2D eigenvalue weighted by Crippen LogP contribution is -2.48. The normalized spacial score (nSPS) is 20.0. The molecule has 2 aliphatic heterocycles. The molecule has 4 heterocycles. The van der Waals surface area contributed by atoms with Gasteiger partial charge in [-0.15, -0.1) is 0 Å². The predicted octanol–water partition coefficient (Wildman–Crippen LogP) is 0.321. The number of nitrogens with zero attached hydrogens (tertiary/aromatic N) is 5. The van der Waals surface area contributed by atoms with E-state index in [2.05, 4.69) is 10.1 Å². The summed E-state index contributed by atoms with van der Waals surface area (Å²) in [5.74, 6) is 0.508. The summed E-state index contributed by atoms with van der Waals surface area (Å²) in [5, 5.41) is 4.20. The van der Waals surface area contributed by atoms with Crippen molar-refractivity contribution in [2.75, 3.05) is 37.7 Å². The molecule has 2 aromatic rings. The molecule has 2 amide bonds. The quantitative estimate of drug-likeness (QED) is 0.769. The number of fused-ring (bicyclic) bond motifs is 1. The molecule has 0 unspecified atom stereocenters. The highest BCUT2D eigenvalue weighted by atomic mass is 16.5. The lowest BCUT2D eigenvalue weighted by molar-refractivity contribution is -0.132. The van der Waals surface area contributed by atoms with Gasteiger partial charge in [0.2, 0.25) is 5.91 Å². The van der Waals surface area contributed by atoms with Gasteiger partial charge in [0.05, 0.1) is 12.6 Å². The topological polar surface area (TPSA) is 89.8 Å². The molecule has 1 saturated heterocycles. The number of carbonyl (C=O) groups excluding carboxylic acids is 2. The van der Waals surface area contributed by atoms with E-state index in [0.29, 0.717) is 37.8 Å². The van der Waals surface area contributed by atoms with Gasteiger partial charge in [0.25, 0.3) is 5.91 Å². The van der Waals surface area contributed by atoms with Gasteiger partial charge in [-0.25, -0.2) is 4.98 Å². The lowest BCUT2D eigenvalue weighted by atomic mass is 10.2. The summed E-state index contributed by atoms with van der Waals surface area (Å²) in [7, 11) is 0. The fourth-order valence-corrected chi connectivity index (χ4v) is 3.28. The van der Waals surface area contributed by atoms with Gasteiger partial charge >= 0.3 is 0 Å². The van der Waals surface area contributed by atoms with E-state index in [1.807, 2.05) is 12.3 Å². The third-order valence-electron chi connectivity index (χ3n) is 4.60. The molecule has 0 spiro atoms. The molecule has 2 aliphatic rings. The van der Waals surface area contributed by atoms with E-state index in [1.165, 1.54) is 4.90 Å². The van der Waals surface area contributed by atoms with Gasteiger partial charge in [0, 0.05) is 38.3 Å². The van der Waals surface area contributed by atoms with Crippen LogP contribution in [0.4, 0.5) is 5.82 Å². The molecule has 9 nitrogen and oxygen atoms in total. The van der Waals surface area contributed by atoms with Crippen LogP contribution in [0.1, 0.15) is 6.42 Å². The van der Waals surface area contributed by atoms with Crippen molar-refractivity contribution in [3.8, 4) is 5.75 Å². The van der Waals surface area contributed by atoms with E-state index >= 15 is 0 Å². The second-order valence-corrected chi connectivity index (χ2v) is 6.51. The Balaban J connectivity index is 1.44. The largest absolute Gasteiger partial charge is 0.480 e. The monoisotopic (exact) mass is 371 g/mol. The Labute approximate surface area is 156 Å². The van der Waals surface area contributed by atoms with E-state index in [4.69, 9.17) is 9.47 Å². The number of aromatic nitrogens is 3. The second kappa shape index (κ2) is 7.75. The number of hydrogen-bond donors (Lipinski definition) is 0. The maximum absolute atomic E-state index is 12.9. The minimum atomic E-state index is -0.270. The average Bonchev–Trinajstić information content (AvgIpc) is 3.07. The Morgan fingerprint density at radius 1 is 1.30 bits per heavy atom. The molecule has 2 aromatic heterocycles. The Hall–Kier alpha value is -2.94. The highest BCUT2D eigenvalue weighted by Gasteiger charge is 2.31. The molecule has 9 heteroatoms. The molecule has 0 aliphatic carbocycles. The summed E-state index contributed by atoms with van der Waals surface area (Å²) in [4.78, 5) is 32.5. The third-order valence-corrected chi connectivity index (χ3v) is 4.60. The van der Waals surface area contributed by atoms with Crippen LogP contribution in [0.15, 0.2) is 36.8 Å². The number of amides is 2. The number of anilines is 1. The Bertz CT molecular complexity index is 810. The smallest absolute Gasteiger partial charge is 0.266 e. The molecular formula is C18H21N5O4. The Morgan fingerprint density at radius 3 is 3.07 bits per heavy atom. The zero-order chi connectivity index (χ0) is 18.6. The summed E-state index contributed by atoms with van der Waals surface area (Å²) >= 11 is 0. The van der Waals surface area contributed by atoms with Crippen molar-refractivity contribution in [1.82, 2.24) is 19.7 Å². The van der Waals surface area contributed by atoms with Gasteiger partial charge in [-0.05, 0) is 24.6 Å². The van der Waals surface area contributed by atoms with Crippen molar-refractivity contribution in [3.05, 3.63) is 36.8 Å². The predicted molar refractivity (Wildman–Crippen MR) is 95.2 cm³/mol. The summed E-state index contributed by atoms with van der Waals surface area (Å²) in [6.45, 7) is 2.10. The molecule has 1 atom stereocenters. The summed E-state index contributed by atoms with van der Waals surface area (Å²) in [6.07, 6.45) is 5.79. The summed E-state index contributed by atoms with van der Waals surface area (Å²) < 4.78 is 13.0. The van der Waals surface area contributed by atoms with Gasteiger partial charge in [-0.1, -0.05) is 0 Å². The molecule has 0 aromatic carbocycles. The van der Waals surface area contributed by atoms with Gasteiger partial charge in [-0.2, -0.15) is 5.10 Å². The van der Waals surface area contributed by atoms with E-state index in [-0.39, 0.29) is 31.1 Å². The first-order chi connectivity index (χ1) is 13.2. The van der Waals surface area contributed by atoms with Crippen LogP contribution in [0.2, 0.25) is 0 Å². The molecule has 0 N–H and O–H groups in total. The van der Waals surface area contributed by atoms with Crippen molar-refractivity contribution >= 4 is 17.6 Å². The summed E-state index contributed by atoms with van der Waals surface area (Å²) in [6, 6.07) is 5.33. The van der Waals surface area contributed by atoms with Gasteiger partial charge < -0.3 is 14.4 Å². The van der Waals surface area contributed by atoms with Crippen LogP contribution in [-0.4, -0.2) is 70.4 Å². The van der Waals surface area contributed by atoms with E-state index in [1.54, 1.807) is 34.1 Å². The zero-order valence-corrected chi connectivity index (χ0v) is 14.9. The Morgan fingerprint density at radius 2 is 2.22 bits per heavy atom. The number of rotatable bonds is 4. The van der Waals surface area contributed by atoms with Crippen LogP contribution in [0.3, 0.4) is 0 Å². The second-order valence-electron chi connectivity index (χ2n) is 6.51. The number of pyridine rings is 1. The highest BCUT2D eigenvalue weighted by Crippen LogP contribution is 2.28. The van der Waals surface area contributed by atoms with Crippen LogP contribution < -0.4 is 9.64 Å². The van der Waals surface area contributed by atoms with Crippen molar-refractivity contribution in [3.63, 3.8) is 0 Å². The van der Waals surface area contributed by atoms with Crippen molar-refractivity contribution in [1.29, 1.82) is 0 Å². The first-order valence-corrected chi connectivity index (χ1v) is 8.95. The Kier molecular flexibility index (Phi) is 5.01. The highest BCUT2D eigenvalue weighted by molar-refractivity contribution is 6.01. The van der Waals surface area contributed by atoms with Crippen molar-refractivity contribution in [2.24, 2.45) is 0 Å². The number of carbonyl (C=O) groups is 2. The van der Waals surface area contributed by atoms with Crippen LogP contribution in [0, 0.1) is 0 Å². The molecule has 142 valence electrons. The maximum atomic E-state index is 12.9. The van der Waals surface area contributed by atoms with Gasteiger partial charge in [0.1, 0.15) is 6.54 Å². The molecule has 0 saturated carbocycles. The molecule has 1 fully saturated rings. The summed E-state index contributed by atoms with van der Waals surface area (Å²) in [5.41, 5.74) is 0. The SMILES string of the molecule is O=C(CN1C(=O)COc2cccnc21)N1CCCO[C@H](Cn2cccn2)C1. The van der Waals surface area contributed by atoms with Crippen LogP contribution in [0.25, 0.3) is 0 Å². The number of ether oxygens (including phenoxy) is 2. The van der Waals surface area contributed by atoms with Gasteiger partial charge in [0.15, 0.2) is 18.2 Å². The van der Waals surface area contributed by atoms with Crippen molar-refractivity contribution < 1.29 is 19.1 Å². The first-order valence-electron chi connectivity index (χ1n) is 8.95. The fraction of sp³-hybridized carbons (Fsp3) is 0.444. The molecule has 4 rings (SSSR count). The lowest BCUT2D eigenvalue weighted by Gasteiger charge is -2.30. The fourth-order valence-electron chi connectivity index (χ4n) is 3.28. The van der Waals surface area contributed by atoms with Crippen LogP contribution in [-0.2, 0) is 20.9 Å². The van der Waals surface area contributed by atoms with Crippen LogP contribution >= 0.6 is 0 Å². The van der Waals surface area contributed by atoms with E-state index < -0.39 is 0 Å². The molecule has 27 heavy (non-hydrogen) atoms. The van der Waals surface area contributed by atoms with E-state index in [9.17, 15) is 9.59 Å². The molecular weight excluding hydrogens is 350 g/mol. The van der Waals surface area contributed by atoms with Crippen LogP contribution in [0.5, 0.6) is 5.75 Å². The molecule has 0 radical (unpaired) electrons.